The van der Waals surface area contributed by atoms with Gasteiger partial charge in [0, 0.05) is 24.7 Å². The van der Waals surface area contributed by atoms with Crippen molar-refractivity contribution in [2.45, 2.75) is 43.6 Å². The molecule has 5 rings (SSSR count). The number of piperidine rings is 1. The summed E-state index contributed by atoms with van der Waals surface area (Å²) >= 11 is 0. The van der Waals surface area contributed by atoms with Gasteiger partial charge in [-0.05, 0) is 31.4 Å². The van der Waals surface area contributed by atoms with Crippen LogP contribution in [0.15, 0.2) is 30.6 Å². The lowest BCUT2D eigenvalue weighted by Crippen LogP contribution is -2.55. The zero-order chi connectivity index (χ0) is 23.1. The number of aromatic hydroxyl groups is 1. The topological polar surface area (TPSA) is 109 Å². The smallest absolute Gasteiger partial charge is 0.316 e. The summed E-state index contributed by atoms with van der Waals surface area (Å²) in [7, 11) is 3.18. The molecule has 2 saturated heterocycles. The SMILES string of the molecule is COc1ncc(F)c(-c2ccc(-c3ncc(N(C)[C@H]4C[C@H]5CC[C@H](N5)[C@H]4F)nn3)c(O)c2)n1. The molecule has 11 heteroatoms. The number of hydrogen-bond acceptors (Lipinski definition) is 9. The number of phenolic OH excluding ortho intramolecular Hbond substituents is 1. The number of aromatic nitrogens is 5. The van der Waals surface area contributed by atoms with Crippen molar-refractivity contribution in [3.63, 3.8) is 0 Å². The van der Waals surface area contributed by atoms with E-state index in [0.29, 0.717) is 29.4 Å². The third-order valence-corrected chi connectivity index (χ3v) is 6.38. The van der Waals surface area contributed by atoms with Gasteiger partial charge in [0.25, 0.3) is 0 Å². The lowest BCUT2D eigenvalue weighted by atomic mass is 9.96. The highest BCUT2D eigenvalue weighted by Gasteiger charge is 2.43. The Kier molecular flexibility index (Phi) is 5.49. The van der Waals surface area contributed by atoms with Crippen LogP contribution in [0.3, 0.4) is 0 Å². The van der Waals surface area contributed by atoms with Gasteiger partial charge in [0.2, 0.25) is 0 Å². The van der Waals surface area contributed by atoms with Crippen LogP contribution < -0.4 is 15.0 Å². The van der Waals surface area contributed by atoms with E-state index in [-0.39, 0.29) is 35.4 Å². The van der Waals surface area contributed by atoms with Crippen molar-refractivity contribution < 1.29 is 18.6 Å². The van der Waals surface area contributed by atoms with Crippen LogP contribution in [0.1, 0.15) is 19.3 Å². The van der Waals surface area contributed by atoms with Gasteiger partial charge in [-0.25, -0.2) is 18.7 Å². The molecular formula is C22H23F2N7O2. The number of fused-ring (bicyclic) bond motifs is 2. The number of halogens is 2. The molecule has 9 nitrogen and oxygen atoms in total. The molecule has 33 heavy (non-hydrogen) atoms. The molecule has 4 heterocycles. The maximum atomic E-state index is 14.9. The number of hydrogen-bond donors (Lipinski definition) is 2. The summed E-state index contributed by atoms with van der Waals surface area (Å²) in [6.45, 7) is 0. The van der Waals surface area contributed by atoms with Crippen LogP contribution in [-0.2, 0) is 0 Å². The van der Waals surface area contributed by atoms with Crippen LogP contribution in [0.5, 0.6) is 11.8 Å². The Morgan fingerprint density at radius 1 is 1.18 bits per heavy atom. The van der Waals surface area contributed by atoms with Crippen LogP contribution in [0.2, 0.25) is 0 Å². The first-order valence-electron chi connectivity index (χ1n) is 10.7. The molecule has 0 unspecified atom stereocenters. The molecule has 2 aliphatic rings. The Morgan fingerprint density at radius 2 is 2.03 bits per heavy atom. The van der Waals surface area contributed by atoms with Crippen molar-refractivity contribution in [2.75, 3.05) is 19.1 Å². The zero-order valence-corrected chi connectivity index (χ0v) is 18.1. The minimum Gasteiger partial charge on any atom is -0.507 e. The average Bonchev–Trinajstić information content (AvgIpc) is 3.25. The second-order valence-electron chi connectivity index (χ2n) is 8.33. The third-order valence-electron chi connectivity index (χ3n) is 6.38. The van der Waals surface area contributed by atoms with E-state index in [1.54, 1.807) is 24.1 Å². The van der Waals surface area contributed by atoms with Gasteiger partial charge in [-0.15, -0.1) is 10.2 Å². The molecular weight excluding hydrogens is 432 g/mol. The Balaban J connectivity index is 1.37. The number of nitrogens with one attached hydrogen (secondary N) is 1. The highest BCUT2D eigenvalue weighted by atomic mass is 19.1. The number of nitrogens with zero attached hydrogens (tertiary/aromatic N) is 6. The van der Waals surface area contributed by atoms with Crippen molar-refractivity contribution in [2.24, 2.45) is 0 Å². The first-order valence-corrected chi connectivity index (χ1v) is 10.7. The van der Waals surface area contributed by atoms with E-state index in [1.165, 1.54) is 19.4 Å². The Morgan fingerprint density at radius 3 is 2.76 bits per heavy atom. The molecule has 2 aliphatic heterocycles. The summed E-state index contributed by atoms with van der Waals surface area (Å²) < 4.78 is 34.0. The normalized spacial score (nSPS) is 24.0. The monoisotopic (exact) mass is 455 g/mol. The molecule has 2 N–H and O–H groups in total. The summed E-state index contributed by atoms with van der Waals surface area (Å²) in [4.78, 5) is 13.8. The lowest BCUT2D eigenvalue weighted by Gasteiger charge is -2.38. The Bertz CT molecular complexity index is 1160. The number of alkyl halides is 1. The van der Waals surface area contributed by atoms with E-state index >= 15 is 0 Å². The summed E-state index contributed by atoms with van der Waals surface area (Å²) in [6, 6.07) is 4.43. The molecule has 1 aromatic carbocycles. The van der Waals surface area contributed by atoms with Crippen molar-refractivity contribution in [1.82, 2.24) is 30.5 Å². The van der Waals surface area contributed by atoms with Crippen molar-refractivity contribution in [3.05, 3.63) is 36.4 Å². The van der Waals surface area contributed by atoms with E-state index in [4.69, 9.17) is 4.74 Å². The average molecular weight is 455 g/mol. The molecule has 0 spiro atoms. The van der Waals surface area contributed by atoms with Crippen LogP contribution in [0, 0.1) is 5.82 Å². The fourth-order valence-electron chi connectivity index (χ4n) is 4.59. The molecule has 3 aromatic rings. The van der Waals surface area contributed by atoms with Crippen molar-refractivity contribution in [3.8, 4) is 34.4 Å². The number of rotatable bonds is 5. The molecule has 2 fully saturated rings. The molecule has 172 valence electrons. The molecule has 2 bridgehead atoms. The predicted molar refractivity (Wildman–Crippen MR) is 116 cm³/mol. The minimum absolute atomic E-state index is 0.00330. The second-order valence-corrected chi connectivity index (χ2v) is 8.33. The highest BCUT2D eigenvalue weighted by molar-refractivity contribution is 5.71. The highest BCUT2D eigenvalue weighted by Crippen LogP contribution is 2.34. The fourth-order valence-corrected chi connectivity index (χ4v) is 4.59. The van der Waals surface area contributed by atoms with Gasteiger partial charge in [0.1, 0.15) is 17.6 Å². The van der Waals surface area contributed by atoms with Crippen molar-refractivity contribution >= 4 is 5.82 Å². The summed E-state index contributed by atoms with van der Waals surface area (Å²) in [6.07, 6.45) is 4.06. The molecule has 0 radical (unpaired) electrons. The largest absolute Gasteiger partial charge is 0.507 e. The first kappa shape index (κ1) is 21.4. The third kappa shape index (κ3) is 3.92. The summed E-state index contributed by atoms with van der Waals surface area (Å²) in [5, 5.41) is 22.2. The van der Waals surface area contributed by atoms with E-state index in [1.807, 2.05) is 0 Å². The summed E-state index contributed by atoms with van der Waals surface area (Å²) in [5.41, 5.74) is 0.662. The van der Waals surface area contributed by atoms with E-state index in [2.05, 4.69) is 30.5 Å². The maximum absolute atomic E-state index is 14.9. The zero-order valence-electron chi connectivity index (χ0n) is 18.1. The standard InChI is InChI=1S/C22H23F2N7O2/c1-31(16-8-12-4-6-15(27-12)19(16)24)18-10-25-21(30-29-18)13-5-3-11(7-17(13)32)20-14(23)9-26-22(28-20)33-2/h3,5,7,9-10,12,15-16,19,27,32H,4,6,8H2,1-2H3/t12-,15+,16+,19-/m1/s1. The van der Waals surface area contributed by atoms with Crippen molar-refractivity contribution in [1.29, 1.82) is 0 Å². The minimum atomic E-state index is -0.993. The van der Waals surface area contributed by atoms with Gasteiger partial charge in [0.15, 0.2) is 17.5 Å². The number of benzene rings is 1. The molecule has 2 aromatic heterocycles. The van der Waals surface area contributed by atoms with E-state index < -0.39 is 12.0 Å². The van der Waals surface area contributed by atoms with Gasteiger partial charge in [-0.1, -0.05) is 6.07 Å². The number of anilines is 1. The predicted octanol–water partition coefficient (Wildman–Crippen LogP) is 2.52. The van der Waals surface area contributed by atoms with E-state index in [0.717, 1.165) is 19.0 Å². The maximum Gasteiger partial charge on any atom is 0.316 e. The van der Waals surface area contributed by atoms with Crippen LogP contribution in [-0.4, -0.2) is 68.7 Å². The van der Waals surface area contributed by atoms with Crippen LogP contribution in [0.4, 0.5) is 14.6 Å². The van der Waals surface area contributed by atoms with E-state index in [9.17, 15) is 13.9 Å². The Labute approximate surface area is 188 Å². The lowest BCUT2D eigenvalue weighted by molar-refractivity contribution is 0.176. The summed E-state index contributed by atoms with van der Waals surface area (Å²) in [5.74, 6) is -0.157. The fraction of sp³-hybridized carbons (Fsp3) is 0.409. The second kappa shape index (κ2) is 8.47. The number of methoxy groups -OCH3 is 1. The van der Waals surface area contributed by atoms with Crippen LogP contribution in [0.25, 0.3) is 22.6 Å². The number of ether oxygens (including phenoxy) is 1. The van der Waals surface area contributed by atoms with Gasteiger partial charge in [-0.3, -0.25) is 0 Å². The molecule has 0 amide bonds. The molecule has 0 aliphatic carbocycles. The van der Waals surface area contributed by atoms with Gasteiger partial charge in [-0.2, -0.15) is 4.98 Å². The molecule has 4 atom stereocenters. The molecule has 0 saturated carbocycles. The van der Waals surface area contributed by atoms with Gasteiger partial charge >= 0.3 is 6.01 Å². The quantitative estimate of drug-likeness (QED) is 0.600. The first-order chi connectivity index (χ1) is 15.9. The van der Waals surface area contributed by atoms with Gasteiger partial charge in [0.05, 0.1) is 31.1 Å². The van der Waals surface area contributed by atoms with Gasteiger partial charge < -0.3 is 20.1 Å². The van der Waals surface area contributed by atoms with Crippen LogP contribution >= 0.6 is 0 Å². The Hall–Kier alpha value is -3.47. The number of phenols is 1.